The van der Waals surface area contributed by atoms with Crippen LogP contribution in [0.2, 0.25) is 0 Å². The topological polar surface area (TPSA) is 122 Å². The van der Waals surface area contributed by atoms with Crippen LogP contribution >= 0.6 is 0 Å². The number of rotatable bonds is 2. The zero-order valence-electron chi connectivity index (χ0n) is 46.6. The minimum atomic E-state index is -0.213. The minimum Gasteiger partial charge on any atom is -0.445 e. The fraction of sp³-hybridized carbons (Fsp3) is 0.766. The molecule has 9 fully saturated rings. The van der Waals surface area contributed by atoms with Crippen molar-refractivity contribution in [2.75, 3.05) is 19.6 Å². The van der Waals surface area contributed by atoms with Crippen LogP contribution in [0.25, 0.3) is 0 Å². The van der Waals surface area contributed by atoms with E-state index < -0.39 is 0 Å². The molecule has 2 amide bonds. The number of hydrogen-bond donors (Lipinski definition) is 3. The molecule has 0 radical (unpaired) electrons. The van der Waals surface area contributed by atoms with Crippen LogP contribution in [0, 0.1) is 75.9 Å². The van der Waals surface area contributed by atoms with E-state index in [4.69, 9.17) is 14.2 Å². The molecule has 1 aromatic carbocycles. The fourth-order valence-electron chi connectivity index (χ4n) is 20.1. The van der Waals surface area contributed by atoms with Gasteiger partial charge in [0.2, 0.25) is 5.91 Å². The molecule has 1 aromatic rings. The lowest BCUT2D eigenvalue weighted by Gasteiger charge is -2.49. The monoisotopic (exact) mass is 1010 g/mol. The van der Waals surface area contributed by atoms with Crippen LogP contribution in [0.1, 0.15) is 177 Å². The van der Waals surface area contributed by atoms with E-state index in [9.17, 15) is 14.8 Å². The van der Waals surface area contributed by atoms with Gasteiger partial charge in [-0.15, -0.1) is 0 Å². The van der Waals surface area contributed by atoms with Gasteiger partial charge < -0.3 is 35.0 Å². The van der Waals surface area contributed by atoms with Gasteiger partial charge in [0.05, 0.1) is 35.2 Å². The van der Waals surface area contributed by atoms with E-state index in [0.717, 1.165) is 112 Å². The molecule has 10 heteroatoms. The Kier molecular flexibility index (Phi) is 13.5. The van der Waals surface area contributed by atoms with Gasteiger partial charge in [-0.05, 0) is 205 Å². The first kappa shape index (κ1) is 51.3. The number of fused-ring (bicyclic) bond motifs is 12. The minimum absolute atomic E-state index is 0.0447. The number of carbonyl (C=O) groups is 2. The van der Waals surface area contributed by atoms with Gasteiger partial charge >= 0.3 is 6.09 Å². The summed E-state index contributed by atoms with van der Waals surface area (Å²) >= 11 is 0. The summed E-state index contributed by atoms with van der Waals surface area (Å²) in [5.41, 5.74) is 10.5. The summed E-state index contributed by atoms with van der Waals surface area (Å²) in [5.74, 6) is 7.24. The number of hydrogen-bond acceptors (Lipinski definition) is 8. The van der Waals surface area contributed by atoms with Crippen LogP contribution in [0.4, 0.5) is 4.79 Å². The number of piperidine rings is 2. The standard InChI is InChI=1S/C36H48N2O4.C28H44N2O2/c1-22-16-32-33(38(20-22)34(39)41-21-25-8-6-5-7-9-25)24(3)36(42-32)15-13-28-29-11-10-26-17-27(37-40)12-14-35(26,4)31(29)18-30(28)23(2)19-36;1-16-11-24-26(30-15-16)18(3)28(32-24)8-7-20-21-6-5-19-12-25(31)29-10-9-27(19,4)23(21)13-22(20)17(2)14-28/h5-9,17,22,24,28-29,31-33,40H,10-16,18-21H2,1-4H3;16,18-21,23-24,26,30H,5-15H2,1-4H3,(H,29,31)/t22-,24+,28-,29-,31-,32+,33-,35-,36-;16-,18+,19+,20-,21-,23-,24+,26-,27-,28-/m00/s1. The first-order valence-electron chi connectivity index (χ1n) is 30.1. The quantitative estimate of drug-likeness (QED) is 0.153. The first-order valence-corrected chi connectivity index (χ1v) is 30.1. The Balaban J connectivity index is 0.000000156. The zero-order valence-corrected chi connectivity index (χ0v) is 46.6. The van der Waals surface area contributed by atoms with Gasteiger partial charge in [0, 0.05) is 37.4 Å². The van der Waals surface area contributed by atoms with Gasteiger partial charge in [0.15, 0.2) is 0 Å². The summed E-state index contributed by atoms with van der Waals surface area (Å²) in [7, 11) is 0. The van der Waals surface area contributed by atoms with E-state index in [0.29, 0.717) is 59.7 Å². The molecule has 5 aliphatic heterocycles. The van der Waals surface area contributed by atoms with Crippen LogP contribution in [-0.4, -0.2) is 82.9 Å². The molecule has 13 rings (SSSR count). The molecule has 4 saturated carbocycles. The number of ether oxygens (including phenoxy) is 3. The Hall–Kier alpha value is -3.47. The highest BCUT2D eigenvalue weighted by Crippen LogP contribution is 2.66. The zero-order chi connectivity index (χ0) is 51.5. The van der Waals surface area contributed by atoms with Crippen molar-refractivity contribution in [2.45, 2.75) is 213 Å². The molecule has 404 valence electrons. The number of nitrogens with zero attached hydrogens (tertiary/aromatic N) is 2. The Morgan fingerprint density at radius 3 is 2.20 bits per heavy atom. The van der Waals surface area contributed by atoms with Crippen molar-refractivity contribution >= 4 is 17.7 Å². The van der Waals surface area contributed by atoms with E-state index in [1.165, 1.54) is 69.8 Å². The Labute approximate surface area is 444 Å². The molecule has 19 atom stereocenters. The second-order valence-corrected chi connectivity index (χ2v) is 27.8. The largest absolute Gasteiger partial charge is 0.445 e. The smallest absolute Gasteiger partial charge is 0.410 e. The molecule has 0 bridgehead atoms. The molecule has 5 heterocycles. The third-order valence-electron chi connectivity index (χ3n) is 24.1. The summed E-state index contributed by atoms with van der Waals surface area (Å²) in [6.45, 7) is 22.3. The highest BCUT2D eigenvalue weighted by atomic mass is 16.6. The second-order valence-electron chi connectivity index (χ2n) is 27.8. The predicted molar refractivity (Wildman–Crippen MR) is 290 cm³/mol. The maximum absolute atomic E-state index is 13.5. The van der Waals surface area contributed by atoms with E-state index in [1.807, 2.05) is 35.2 Å². The van der Waals surface area contributed by atoms with Crippen molar-refractivity contribution in [1.29, 1.82) is 0 Å². The van der Waals surface area contributed by atoms with Crippen molar-refractivity contribution in [1.82, 2.24) is 15.5 Å². The number of amides is 2. The molecule has 74 heavy (non-hydrogen) atoms. The van der Waals surface area contributed by atoms with Crippen LogP contribution in [-0.2, 0) is 25.6 Å². The molecule has 10 nitrogen and oxygen atoms in total. The van der Waals surface area contributed by atoms with Crippen molar-refractivity contribution in [3.05, 3.63) is 69.8 Å². The molecule has 3 N–H and O–H groups in total. The fourth-order valence-corrected chi connectivity index (χ4v) is 20.1. The van der Waals surface area contributed by atoms with Crippen molar-refractivity contribution < 1.29 is 29.0 Å². The molecular formula is C64H92N4O6. The number of benzene rings is 1. The first-order chi connectivity index (χ1) is 35.5. The van der Waals surface area contributed by atoms with Gasteiger partial charge in [-0.25, -0.2) is 4.79 Å². The van der Waals surface area contributed by atoms with Crippen LogP contribution in [0.5, 0.6) is 0 Å². The lowest BCUT2D eigenvalue weighted by atomic mass is 9.55. The highest BCUT2D eigenvalue weighted by Gasteiger charge is 2.62. The average molecular weight is 1010 g/mol. The van der Waals surface area contributed by atoms with Crippen molar-refractivity contribution in [3.63, 3.8) is 0 Å². The van der Waals surface area contributed by atoms with E-state index >= 15 is 0 Å². The van der Waals surface area contributed by atoms with E-state index in [1.54, 1.807) is 22.3 Å². The summed E-state index contributed by atoms with van der Waals surface area (Å²) < 4.78 is 20.1. The Morgan fingerprint density at radius 2 is 1.47 bits per heavy atom. The molecule has 12 aliphatic rings. The number of allylic oxidation sites excluding steroid dienone is 4. The third-order valence-corrected chi connectivity index (χ3v) is 24.1. The summed E-state index contributed by atoms with van der Waals surface area (Å²) in [6, 6.07) is 10.6. The second kappa shape index (κ2) is 19.5. The molecule has 0 unspecified atom stereocenters. The average Bonchev–Trinajstić information content (AvgIpc) is 4.02. The SMILES string of the molecule is CC1=C2C[C@H]3[C@@H](CCC4=CC(=NO)CC[C@@]43C)[C@@H]2CC[C@@]2(C1)O[C@@H]1C[C@H](C)CN(C(=O)OCc3ccccc3)[C@H]1[C@H]2C.CC1=C2C[C@H]3[C@@H](CC[C@@H]4CC(=O)NCC[C@@]43C)[C@@H]2CC[C@@]2(C1)O[C@@H]1C[C@H](C)CN[C@H]1[C@H]2C. The Morgan fingerprint density at radius 1 is 0.797 bits per heavy atom. The lowest BCUT2D eigenvalue weighted by molar-refractivity contribution is -0.122. The lowest BCUT2D eigenvalue weighted by Crippen LogP contribution is -2.54. The van der Waals surface area contributed by atoms with Gasteiger partial charge in [-0.2, -0.15) is 0 Å². The normalized spacial score (nSPS) is 46.8. The number of carbonyl (C=O) groups excluding carboxylic acids is 2. The third kappa shape index (κ3) is 8.52. The van der Waals surface area contributed by atoms with Crippen LogP contribution < -0.4 is 10.6 Å². The molecule has 7 aliphatic carbocycles. The van der Waals surface area contributed by atoms with Gasteiger partial charge in [0.25, 0.3) is 0 Å². The summed E-state index contributed by atoms with van der Waals surface area (Å²) in [5, 5.41) is 20.0. The Bertz CT molecular complexity index is 2470. The number of likely N-dealkylation sites (tertiary alicyclic amines) is 1. The van der Waals surface area contributed by atoms with Crippen LogP contribution in [0.15, 0.2) is 69.4 Å². The van der Waals surface area contributed by atoms with E-state index in [-0.39, 0.29) is 40.8 Å². The molecule has 2 spiro atoms. The number of oxime groups is 1. The van der Waals surface area contributed by atoms with Crippen molar-refractivity contribution in [3.8, 4) is 0 Å². The molecular weight excluding hydrogens is 921 g/mol. The van der Waals surface area contributed by atoms with E-state index in [2.05, 4.69) is 77.3 Å². The summed E-state index contributed by atoms with van der Waals surface area (Å²) in [4.78, 5) is 27.8. The molecule has 0 aromatic heterocycles. The highest BCUT2D eigenvalue weighted by molar-refractivity contribution is 5.96. The van der Waals surface area contributed by atoms with Gasteiger partial charge in [0.1, 0.15) is 6.61 Å². The van der Waals surface area contributed by atoms with Crippen molar-refractivity contribution in [2.24, 2.45) is 81.1 Å². The number of nitrogens with one attached hydrogen (secondary N) is 2. The predicted octanol–water partition coefficient (Wildman–Crippen LogP) is 12.7. The summed E-state index contributed by atoms with van der Waals surface area (Å²) in [6.07, 6.45) is 23.0. The maximum atomic E-state index is 13.5. The van der Waals surface area contributed by atoms with Gasteiger partial charge in [-0.1, -0.05) is 105 Å². The van der Waals surface area contributed by atoms with Gasteiger partial charge in [-0.3, -0.25) is 4.79 Å². The van der Waals surface area contributed by atoms with Crippen LogP contribution in [0.3, 0.4) is 0 Å². The maximum Gasteiger partial charge on any atom is 0.410 e. The molecule has 5 saturated heterocycles.